The van der Waals surface area contributed by atoms with Gasteiger partial charge in [0.25, 0.3) is 5.91 Å². The number of rotatable bonds is 4. The molecule has 8 nitrogen and oxygen atoms in total. The molecule has 0 saturated carbocycles. The van der Waals surface area contributed by atoms with E-state index in [9.17, 15) is 4.79 Å². The van der Waals surface area contributed by atoms with Crippen LogP contribution in [0, 0.1) is 0 Å². The molecule has 0 bridgehead atoms. The van der Waals surface area contributed by atoms with Crippen LogP contribution < -0.4 is 15.5 Å². The van der Waals surface area contributed by atoms with Crippen molar-refractivity contribution in [3.63, 3.8) is 0 Å². The fraction of sp³-hybridized carbons (Fsp3) is 0.227. The van der Waals surface area contributed by atoms with E-state index in [-0.39, 0.29) is 5.91 Å². The highest BCUT2D eigenvalue weighted by atomic mass is 32.1. The number of carbonyl (C=O) groups is 1. The quantitative estimate of drug-likeness (QED) is 0.515. The smallest absolute Gasteiger partial charge is 0.261 e. The lowest BCUT2D eigenvalue weighted by Gasteiger charge is -2.28. The predicted molar refractivity (Wildman–Crippen MR) is 120 cm³/mol. The number of aromatic nitrogens is 3. The number of imidazole rings is 1. The number of nitrogens with zero attached hydrogens (tertiary/aromatic N) is 4. The molecule has 0 radical (unpaired) electrons. The predicted octanol–water partition coefficient (Wildman–Crippen LogP) is 3.28. The van der Waals surface area contributed by atoms with Gasteiger partial charge in [0.2, 0.25) is 0 Å². The van der Waals surface area contributed by atoms with E-state index >= 15 is 0 Å². The first kappa shape index (κ1) is 18.3. The number of fused-ring (bicyclic) bond motifs is 2. The summed E-state index contributed by atoms with van der Waals surface area (Å²) in [6.07, 6.45) is 5.52. The monoisotopic (exact) mass is 432 g/mol. The van der Waals surface area contributed by atoms with Crippen LogP contribution in [0.15, 0.2) is 48.9 Å². The second-order valence-corrected chi connectivity index (χ2v) is 8.58. The van der Waals surface area contributed by atoms with E-state index in [0.717, 1.165) is 58.6 Å². The van der Waals surface area contributed by atoms with Crippen LogP contribution in [0.4, 0.5) is 17.2 Å². The van der Waals surface area contributed by atoms with Gasteiger partial charge >= 0.3 is 0 Å². The minimum atomic E-state index is -0.0000953. The summed E-state index contributed by atoms with van der Waals surface area (Å²) in [4.78, 5) is 25.2. The molecule has 4 aromatic rings. The van der Waals surface area contributed by atoms with Crippen LogP contribution >= 0.6 is 11.3 Å². The summed E-state index contributed by atoms with van der Waals surface area (Å²) >= 11 is 1.49. The molecule has 5 heterocycles. The molecule has 0 atom stereocenters. The fourth-order valence-electron chi connectivity index (χ4n) is 4.04. The van der Waals surface area contributed by atoms with Crippen molar-refractivity contribution in [2.24, 2.45) is 0 Å². The van der Waals surface area contributed by atoms with Crippen LogP contribution in [-0.4, -0.2) is 46.6 Å². The third kappa shape index (κ3) is 3.22. The lowest BCUT2D eigenvalue weighted by Crippen LogP contribution is -2.36. The Morgan fingerprint density at radius 3 is 2.77 bits per heavy atom. The van der Waals surface area contributed by atoms with E-state index < -0.39 is 0 Å². The zero-order chi connectivity index (χ0) is 20.8. The maximum Gasteiger partial charge on any atom is 0.261 e. The van der Waals surface area contributed by atoms with Crippen molar-refractivity contribution in [3.8, 4) is 10.6 Å². The molecule has 0 aliphatic carbocycles. The molecule has 0 spiro atoms. The average molecular weight is 433 g/mol. The first-order valence-corrected chi connectivity index (χ1v) is 11.0. The van der Waals surface area contributed by atoms with Gasteiger partial charge in [0.1, 0.15) is 0 Å². The summed E-state index contributed by atoms with van der Waals surface area (Å²) in [5, 5.41) is 6.24. The SMILES string of the molecule is O=C1NCc2cc(-c3cnc(Nc4ccc(N5CCOCC5)cc4)c4nccn34)sc21. The maximum atomic E-state index is 12.0. The molecule has 156 valence electrons. The zero-order valence-electron chi connectivity index (χ0n) is 16.7. The van der Waals surface area contributed by atoms with Gasteiger partial charge in [-0.25, -0.2) is 9.97 Å². The van der Waals surface area contributed by atoms with Gasteiger partial charge in [-0.3, -0.25) is 9.20 Å². The van der Waals surface area contributed by atoms with Crippen molar-refractivity contribution >= 4 is 40.1 Å². The van der Waals surface area contributed by atoms with Crippen LogP contribution in [0.3, 0.4) is 0 Å². The third-order valence-corrected chi connectivity index (χ3v) is 6.84. The van der Waals surface area contributed by atoms with E-state index in [1.807, 2.05) is 16.8 Å². The lowest BCUT2D eigenvalue weighted by molar-refractivity contribution is 0.0969. The Morgan fingerprint density at radius 1 is 1.13 bits per heavy atom. The third-order valence-electron chi connectivity index (χ3n) is 5.64. The topological polar surface area (TPSA) is 83.8 Å². The van der Waals surface area contributed by atoms with Crippen LogP contribution in [-0.2, 0) is 11.3 Å². The van der Waals surface area contributed by atoms with E-state index in [0.29, 0.717) is 12.4 Å². The summed E-state index contributed by atoms with van der Waals surface area (Å²) < 4.78 is 7.44. The van der Waals surface area contributed by atoms with E-state index in [1.165, 1.54) is 17.0 Å². The van der Waals surface area contributed by atoms with Crippen LogP contribution in [0.5, 0.6) is 0 Å². The number of morpholine rings is 1. The molecular formula is C22H20N6O2S. The number of anilines is 3. The molecule has 3 aromatic heterocycles. The van der Waals surface area contributed by atoms with Gasteiger partial charge in [-0.05, 0) is 35.9 Å². The maximum absolute atomic E-state index is 12.0. The Kier molecular flexibility index (Phi) is 4.36. The van der Waals surface area contributed by atoms with Crippen molar-refractivity contribution in [2.45, 2.75) is 6.54 Å². The first-order valence-electron chi connectivity index (χ1n) is 10.2. The van der Waals surface area contributed by atoms with Crippen LogP contribution in [0.1, 0.15) is 15.2 Å². The van der Waals surface area contributed by atoms with Crippen molar-refractivity contribution in [1.29, 1.82) is 0 Å². The molecular weight excluding hydrogens is 412 g/mol. The number of thiophene rings is 1. The Labute approximate surface area is 182 Å². The van der Waals surface area contributed by atoms with E-state index in [4.69, 9.17) is 4.74 Å². The molecule has 2 N–H and O–H groups in total. The largest absolute Gasteiger partial charge is 0.378 e. The minimum absolute atomic E-state index is 0.0000953. The summed E-state index contributed by atoms with van der Waals surface area (Å²) in [6.45, 7) is 3.96. The molecule has 2 aliphatic rings. The molecule has 1 fully saturated rings. The van der Waals surface area contributed by atoms with E-state index in [2.05, 4.69) is 55.8 Å². The van der Waals surface area contributed by atoms with Crippen molar-refractivity contribution < 1.29 is 9.53 Å². The molecule has 31 heavy (non-hydrogen) atoms. The van der Waals surface area contributed by atoms with Gasteiger partial charge in [-0.1, -0.05) is 0 Å². The Morgan fingerprint density at radius 2 is 1.97 bits per heavy atom. The van der Waals surface area contributed by atoms with Crippen molar-refractivity contribution in [1.82, 2.24) is 19.7 Å². The molecule has 2 aliphatic heterocycles. The number of ether oxygens (including phenoxy) is 1. The Balaban J connectivity index is 1.29. The molecule has 9 heteroatoms. The lowest BCUT2D eigenvalue weighted by atomic mass is 10.2. The van der Waals surface area contributed by atoms with Gasteiger partial charge < -0.3 is 20.3 Å². The zero-order valence-corrected chi connectivity index (χ0v) is 17.5. The van der Waals surface area contributed by atoms with Crippen molar-refractivity contribution in [3.05, 3.63) is 59.4 Å². The van der Waals surface area contributed by atoms with Gasteiger partial charge in [0, 0.05) is 43.4 Å². The summed E-state index contributed by atoms with van der Waals surface area (Å²) in [5.74, 6) is 0.689. The highest BCUT2D eigenvalue weighted by Crippen LogP contribution is 2.35. The normalized spacial score (nSPS) is 15.9. The van der Waals surface area contributed by atoms with Crippen molar-refractivity contribution in [2.75, 3.05) is 36.5 Å². The number of hydrogen-bond acceptors (Lipinski definition) is 7. The molecule has 1 aromatic carbocycles. The minimum Gasteiger partial charge on any atom is -0.378 e. The van der Waals surface area contributed by atoms with Crippen LogP contribution in [0.2, 0.25) is 0 Å². The van der Waals surface area contributed by atoms with Gasteiger partial charge in [0.05, 0.1) is 34.9 Å². The number of carbonyl (C=O) groups excluding carboxylic acids is 1. The Hall–Kier alpha value is -3.43. The fourth-order valence-corrected chi connectivity index (χ4v) is 5.14. The molecule has 0 unspecified atom stereocenters. The number of hydrogen-bond donors (Lipinski definition) is 2. The second kappa shape index (κ2) is 7.36. The van der Waals surface area contributed by atoms with Gasteiger partial charge in [-0.15, -0.1) is 11.3 Å². The first-order chi connectivity index (χ1) is 15.3. The molecule has 1 saturated heterocycles. The van der Waals surface area contributed by atoms with Crippen LogP contribution in [0.25, 0.3) is 16.2 Å². The standard InChI is InChI=1S/C22H20N6O2S/c29-22-19-14(12-25-22)11-18(31-19)17-13-24-20(21-23-5-6-28(17)21)26-15-1-3-16(4-2-15)27-7-9-30-10-8-27/h1-6,11,13H,7-10,12H2,(H,24,26)(H,25,29). The molecule has 6 rings (SSSR count). The van der Waals surface area contributed by atoms with Gasteiger partial charge in [0.15, 0.2) is 11.5 Å². The molecule has 1 amide bonds. The summed E-state index contributed by atoms with van der Waals surface area (Å²) in [7, 11) is 0. The Bertz CT molecular complexity index is 1270. The number of benzene rings is 1. The van der Waals surface area contributed by atoms with E-state index in [1.54, 1.807) is 6.20 Å². The highest BCUT2D eigenvalue weighted by molar-refractivity contribution is 7.17. The second-order valence-electron chi connectivity index (χ2n) is 7.53. The number of amides is 1. The summed E-state index contributed by atoms with van der Waals surface area (Å²) in [5.41, 5.74) is 4.85. The average Bonchev–Trinajstić information content (AvgIpc) is 3.53. The summed E-state index contributed by atoms with van der Waals surface area (Å²) in [6, 6.07) is 10.4. The number of nitrogens with one attached hydrogen (secondary N) is 2. The highest BCUT2D eigenvalue weighted by Gasteiger charge is 2.24. The van der Waals surface area contributed by atoms with Gasteiger partial charge in [-0.2, -0.15) is 0 Å².